The molecule has 0 spiro atoms. The molecule has 1 fully saturated rings. The van der Waals surface area contributed by atoms with Gasteiger partial charge < -0.3 is 10.4 Å². The SMILES string of the molecule is CC(O)CC(C)CNC(=O)C1(c2cccc(F)c2)CCCCC1. The predicted molar refractivity (Wildman–Crippen MR) is 89.6 cm³/mol. The van der Waals surface area contributed by atoms with Gasteiger partial charge in [-0.2, -0.15) is 0 Å². The van der Waals surface area contributed by atoms with Crippen molar-refractivity contribution in [2.24, 2.45) is 5.92 Å². The van der Waals surface area contributed by atoms with Gasteiger partial charge in [0.05, 0.1) is 11.5 Å². The van der Waals surface area contributed by atoms with E-state index in [0.29, 0.717) is 13.0 Å². The average Bonchev–Trinajstić information content (AvgIpc) is 2.52. The lowest BCUT2D eigenvalue weighted by Crippen LogP contribution is -2.47. The minimum atomic E-state index is -0.606. The quantitative estimate of drug-likeness (QED) is 0.842. The van der Waals surface area contributed by atoms with Crippen LogP contribution in [-0.2, 0) is 10.2 Å². The maximum absolute atomic E-state index is 13.7. The van der Waals surface area contributed by atoms with E-state index in [0.717, 1.165) is 37.7 Å². The number of benzene rings is 1. The number of carbonyl (C=O) groups is 1. The number of carbonyl (C=O) groups excluding carboxylic acids is 1. The lowest BCUT2D eigenvalue weighted by molar-refractivity contribution is -0.128. The number of hydrogen-bond donors (Lipinski definition) is 2. The zero-order valence-electron chi connectivity index (χ0n) is 14.1. The van der Waals surface area contributed by atoms with E-state index in [2.05, 4.69) is 5.32 Å². The molecule has 3 nitrogen and oxygen atoms in total. The summed E-state index contributed by atoms with van der Waals surface area (Å²) in [5.74, 6) is -0.0740. The van der Waals surface area contributed by atoms with Crippen LogP contribution in [0.3, 0.4) is 0 Å². The highest BCUT2D eigenvalue weighted by molar-refractivity contribution is 5.88. The third kappa shape index (κ3) is 4.54. The fourth-order valence-corrected chi connectivity index (χ4v) is 3.69. The highest BCUT2D eigenvalue weighted by Gasteiger charge is 2.41. The highest BCUT2D eigenvalue weighted by atomic mass is 19.1. The summed E-state index contributed by atoms with van der Waals surface area (Å²) < 4.78 is 13.7. The minimum Gasteiger partial charge on any atom is -0.393 e. The summed E-state index contributed by atoms with van der Waals surface area (Å²) in [6.07, 6.45) is 4.95. The van der Waals surface area contributed by atoms with E-state index in [1.807, 2.05) is 13.0 Å². The predicted octanol–water partition coefficient (Wildman–Crippen LogP) is 3.55. The molecule has 23 heavy (non-hydrogen) atoms. The highest BCUT2D eigenvalue weighted by Crippen LogP contribution is 2.40. The Kier molecular flexibility index (Phi) is 6.17. The van der Waals surface area contributed by atoms with Crippen LogP contribution in [0.2, 0.25) is 0 Å². The number of rotatable bonds is 6. The average molecular weight is 321 g/mol. The summed E-state index contributed by atoms with van der Waals surface area (Å²) in [5, 5.41) is 12.5. The van der Waals surface area contributed by atoms with E-state index in [-0.39, 0.29) is 23.7 Å². The van der Waals surface area contributed by atoms with Crippen molar-refractivity contribution in [3.63, 3.8) is 0 Å². The number of nitrogens with one attached hydrogen (secondary N) is 1. The van der Waals surface area contributed by atoms with Crippen LogP contribution in [0.15, 0.2) is 24.3 Å². The van der Waals surface area contributed by atoms with Gasteiger partial charge >= 0.3 is 0 Å². The van der Waals surface area contributed by atoms with E-state index >= 15 is 0 Å². The first-order valence-electron chi connectivity index (χ1n) is 8.66. The molecule has 0 aliphatic heterocycles. The molecule has 2 rings (SSSR count). The van der Waals surface area contributed by atoms with Crippen LogP contribution in [0, 0.1) is 11.7 Å². The Morgan fingerprint density at radius 3 is 2.61 bits per heavy atom. The molecule has 1 aromatic rings. The Labute approximate surface area is 138 Å². The Hall–Kier alpha value is -1.42. The lowest BCUT2D eigenvalue weighted by atomic mass is 9.68. The molecular formula is C19H28FNO2. The van der Waals surface area contributed by atoms with Crippen LogP contribution in [0.1, 0.15) is 57.9 Å². The van der Waals surface area contributed by atoms with Crippen molar-refractivity contribution in [3.05, 3.63) is 35.6 Å². The van der Waals surface area contributed by atoms with Gasteiger partial charge in [0.1, 0.15) is 5.82 Å². The monoisotopic (exact) mass is 321 g/mol. The van der Waals surface area contributed by atoms with Gasteiger partial charge in [-0.15, -0.1) is 0 Å². The molecule has 128 valence electrons. The molecule has 1 aromatic carbocycles. The van der Waals surface area contributed by atoms with Crippen molar-refractivity contribution in [3.8, 4) is 0 Å². The van der Waals surface area contributed by atoms with Crippen molar-refractivity contribution >= 4 is 5.91 Å². The molecule has 1 aliphatic rings. The normalized spacial score (nSPS) is 19.8. The molecule has 2 N–H and O–H groups in total. The first kappa shape index (κ1) is 17.9. The molecule has 0 radical (unpaired) electrons. The zero-order chi connectivity index (χ0) is 16.9. The lowest BCUT2D eigenvalue weighted by Gasteiger charge is -2.36. The Bertz CT molecular complexity index is 524. The standard InChI is InChI=1S/C19H28FNO2/c1-14(11-15(2)22)13-21-18(23)19(9-4-3-5-10-19)16-7-6-8-17(20)12-16/h6-8,12,14-15,22H,3-5,9-11,13H2,1-2H3,(H,21,23). The fourth-order valence-electron chi connectivity index (χ4n) is 3.69. The maximum atomic E-state index is 13.7. The van der Waals surface area contributed by atoms with Gasteiger partial charge in [0.25, 0.3) is 0 Å². The molecule has 0 saturated heterocycles. The van der Waals surface area contributed by atoms with Crippen molar-refractivity contribution in [1.29, 1.82) is 0 Å². The number of amides is 1. The van der Waals surface area contributed by atoms with E-state index in [9.17, 15) is 14.3 Å². The van der Waals surface area contributed by atoms with Crippen molar-refractivity contribution in [1.82, 2.24) is 5.32 Å². The fraction of sp³-hybridized carbons (Fsp3) is 0.632. The third-order valence-corrected chi connectivity index (χ3v) is 4.87. The molecular weight excluding hydrogens is 293 g/mol. The molecule has 0 aromatic heterocycles. The van der Waals surface area contributed by atoms with Crippen molar-refractivity contribution in [2.45, 2.75) is 63.9 Å². The molecule has 0 bridgehead atoms. The van der Waals surface area contributed by atoms with Gasteiger partial charge in [0.2, 0.25) is 5.91 Å². The summed E-state index contributed by atoms with van der Waals surface area (Å²) in [7, 11) is 0. The van der Waals surface area contributed by atoms with E-state index < -0.39 is 5.41 Å². The van der Waals surface area contributed by atoms with Gasteiger partial charge in [-0.25, -0.2) is 4.39 Å². The van der Waals surface area contributed by atoms with Crippen LogP contribution in [0.25, 0.3) is 0 Å². The van der Waals surface area contributed by atoms with E-state index in [1.54, 1.807) is 13.0 Å². The Balaban J connectivity index is 2.13. The minimum absolute atomic E-state index is 0.000225. The second-order valence-electron chi connectivity index (χ2n) is 7.05. The van der Waals surface area contributed by atoms with Crippen LogP contribution >= 0.6 is 0 Å². The van der Waals surface area contributed by atoms with E-state index in [4.69, 9.17) is 0 Å². The maximum Gasteiger partial charge on any atom is 0.230 e. The number of hydrogen-bond acceptors (Lipinski definition) is 2. The first-order chi connectivity index (χ1) is 10.9. The smallest absolute Gasteiger partial charge is 0.230 e. The third-order valence-electron chi connectivity index (χ3n) is 4.87. The molecule has 0 heterocycles. The molecule has 4 heteroatoms. The summed E-state index contributed by atoms with van der Waals surface area (Å²) in [6, 6.07) is 6.48. The Morgan fingerprint density at radius 2 is 2.00 bits per heavy atom. The summed E-state index contributed by atoms with van der Waals surface area (Å²) in [5.41, 5.74) is 0.183. The van der Waals surface area contributed by atoms with Crippen LogP contribution in [0.4, 0.5) is 4.39 Å². The second-order valence-corrected chi connectivity index (χ2v) is 7.05. The second kappa shape index (κ2) is 7.91. The van der Waals surface area contributed by atoms with Crippen molar-refractivity contribution in [2.75, 3.05) is 6.54 Å². The first-order valence-corrected chi connectivity index (χ1v) is 8.66. The van der Waals surface area contributed by atoms with Crippen LogP contribution in [-0.4, -0.2) is 23.7 Å². The van der Waals surface area contributed by atoms with Gasteiger partial charge in [0.15, 0.2) is 0 Å². The van der Waals surface area contributed by atoms with Gasteiger partial charge in [0, 0.05) is 6.54 Å². The van der Waals surface area contributed by atoms with Gasteiger partial charge in [-0.3, -0.25) is 4.79 Å². The number of halogens is 1. The zero-order valence-corrected chi connectivity index (χ0v) is 14.1. The summed E-state index contributed by atoms with van der Waals surface area (Å²) in [6.45, 7) is 4.32. The Morgan fingerprint density at radius 1 is 1.30 bits per heavy atom. The summed E-state index contributed by atoms with van der Waals surface area (Å²) >= 11 is 0. The number of aliphatic hydroxyl groups excluding tert-OH is 1. The molecule has 1 aliphatic carbocycles. The molecule has 1 saturated carbocycles. The van der Waals surface area contributed by atoms with Crippen LogP contribution < -0.4 is 5.32 Å². The summed E-state index contributed by atoms with van der Waals surface area (Å²) in [4.78, 5) is 12.9. The van der Waals surface area contributed by atoms with Gasteiger partial charge in [-0.05, 0) is 49.8 Å². The largest absolute Gasteiger partial charge is 0.393 e. The molecule has 1 amide bonds. The van der Waals surface area contributed by atoms with Gasteiger partial charge in [-0.1, -0.05) is 38.3 Å². The van der Waals surface area contributed by atoms with E-state index in [1.165, 1.54) is 12.1 Å². The van der Waals surface area contributed by atoms with Crippen LogP contribution in [0.5, 0.6) is 0 Å². The molecule has 2 atom stereocenters. The topological polar surface area (TPSA) is 49.3 Å². The number of aliphatic hydroxyl groups is 1. The molecule has 2 unspecified atom stereocenters. The van der Waals surface area contributed by atoms with Crippen molar-refractivity contribution < 1.29 is 14.3 Å².